The first-order valence-corrected chi connectivity index (χ1v) is 8.73. The van der Waals surface area contributed by atoms with Crippen molar-refractivity contribution in [3.8, 4) is 6.07 Å². The van der Waals surface area contributed by atoms with E-state index in [0.29, 0.717) is 5.56 Å². The highest BCUT2D eigenvalue weighted by Crippen LogP contribution is 2.33. The molecule has 2 fully saturated rings. The molecule has 0 aromatic heterocycles. The molecule has 0 radical (unpaired) electrons. The first kappa shape index (κ1) is 16.9. The Balaban J connectivity index is 1.59. The molecule has 0 saturated carbocycles. The van der Waals surface area contributed by atoms with Crippen LogP contribution in [0.5, 0.6) is 0 Å². The lowest BCUT2D eigenvalue weighted by atomic mass is 9.88. The summed E-state index contributed by atoms with van der Waals surface area (Å²) in [6.45, 7) is 8.21. The average molecular weight is 327 g/mol. The molecule has 1 aromatic rings. The van der Waals surface area contributed by atoms with E-state index in [1.807, 2.05) is 43.0 Å². The van der Waals surface area contributed by atoms with Gasteiger partial charge < -0.3 is 9.64 Å². The van der Waals surface area contributed by atoms with Crippen molar-refractivity contribution in [1.82, 2.24) is 9.80 Å². The van der Waals surface area contributed by atoms with Gasteiger partial charge in [0.25, 0.3) is 5.91 Å². The molecule has 2 heterocycles. The van der Waals surface area contributed by atoms with Crippen molar-refractivity contribution in [2.75, 3.05) is 26.2 Å². The van der Waals surface area contributed by atoms with Crippen LogP contribution >= 0.6 is 0 Å². The minimum atomic E-state index is -0.330. The van der Waals surface area contributed by atoms with E-state index in [-0.39, 0.29) is 17.6 Å². The number of amides is 1. The molecule has 1 atom stereocenters. The Morgan fingerprint density at radius 1 is 1.29 bits per heavy atom. The average Bonchev–Trinajstić information content (AvgIpc) is 2.61. The van der Waals surface area contributed by atoms with Gasteiger partial charge in [-0.15, -0.1) is 0 Å². The number of piperidine rings is 1. The Morgan fingerprint density at radius 3 is 2.54 bits per heavy atom. The molecule has 1 amide bonds. The third kappa shape index (κ3) is 3.45. The number of likely N-dealkylation sites (tertiary alicyclic amines) is 1. The minimum absolute atomic E-state index is 0.114. The van der Waals surface area contributed by atoms with Gasteiger partial charge in [0.05, 0.1) is 17.2 Å². The summed E-state index contributed by atoms with van der Waals surface area (Å²) in [6.07, 6.45) is 1.58. The third-order valence-corrected chi connectivity index (χ3v) is 5.20. The van der Waals surface area contributed by atoms with Crippen LogP contribution in [0.15, 0.2) is 24.3 Å². The van der Waals surface area contributed by atoms with E-state index >= 15 is 0 Å². The Hall–Kier alpha value is -1.90. The molecule has 0 aliphatic carbocycles. The molecule has 128 valence electrons. The molecule has 5 heteroatoms. The first-order chi connectivity index (χ1) is 11.5. The van der Waals surface area contributed by atoms with E-state index in [9.17, 15) is 4.79 Å². The number of likely N-dealkylation sites (N-methyl/N-ethyl adjacent to an activating group) is 1. The van der Waals surface area contributed by atoms with Gasteiger partial charge in [-0.3, -0.25) is 9.69 Å². The van der Waals surface area contributed by atoms with Crippen LogP contribution in [0.2, 0.25) is 0 Å². The molecular weight excluding hydrogens is 302 g/mol. The summed E-state index contributed by atoms with van der Waals surface area (Å²) in [5, 5.41) is 8.87. The van der Waals surface area contributed by atoms with Crippen LogP contribution < -0.4 is 0 Å². The second kappa shape index (κ2) is 6.92. The third-order valence-electron chi connectivity index (χ3n) is 5.20. The van der Waals surface area contributed by atoms with E-state index < -0.39 is 0 Å². The number of morpholine rings is 1. The number of ether oxygens (including phenoxy) is 1. The zero-order valence-electron chi connectivity index (χ0n) is 14.5. The van der Waals surface area contributed by atoms with Crippen LogP contribution in [0.4, 0.5) is 0 Å². The summed E-state index contributed by atoms with van der Waals surface area (Å²) in [5.74, 6) is 0.114. The Kier molecular flexibility index (Phi) is 4.88. The molecule has 2 saturated heterocycles. The first-order valence-electron chi connectivity index (χ1n) is 8.73. The molecule has 1 unspecified atom stereocenters. The summed E-state index contributed by atoms with van der Waals surface area (Å²) in [7, 11) is 0. The summed E-state index contributed by atoms with van der Waals surface area (Å²) in [4.78, 5) is 16.5. The van der Waals surface area contributed by atoms with Crippen molar-refractivity contribution in [1.29, 1.82) is 5.26 Å². The van der Waals surface area contributed by atoms with Crippen molar-refractivity contribution in [3.05, 3.63) is 35.4 Å². The molecule has 3 rings (SSSR count). The number of carbonyl (C=O) groups excluding carboxylic acids is 1. The van der Waals surface area contributed by atoms with Crippen molar-refractivity contribution >= 4 is 5.91 Å². The fourth-order valence-corrected chi connectivity index (χ4v) is 3.75. The number of carbonyl (C=O) groups is 1. The van der Waals surface area contributed by atoms with Gasteiger partial charge in [-0.2, -0.15) is 5.26 Å². The molecular formula is C19H25N3O2. The van der Waals surface area contributed by atoms with Gasteiger partial charge in [-0.1, -0.05) is 12.1 Å². The van der Waals surface area contributed by atoms with Gasteiger partial charge >= 0.3 is 0 Å². The maximum atomic E-state index is 12.1. The topological polar surface area (TPSA) is 56.6 Å². The van der Waals surface area contributed by atoms with Gasteiger partial charge in [0, 0.05) is 32.7 Å². The van der Waals surface area contributed by atoms with E-state index in [0.717, 1.165) is 45.6 Å². The lowest BCUT2D eigenvalue weighted by Crippen LogP contribution is -2.61. The molecule has 24 heavy (non-hydrogen) atoms. The predicted octanol–water partition coefficient (Wildman–Crippen LogP) is 2.16. The number of hydrogen-bond donors (Lipinski definition) is 0. The number of rotatable bonds is 3. The van der Waals surface area contributed by atoms with Crippen molar-refractivity contribution in [3.63, 3.8) is 0 Å². The predicted molar refractivity (Wildman–Crippen MR) is 91.2 cm³/mol. The van der Waals surface area contributed by atoms with Gasteiger partial charge in [0.2, 0.25) is 0 Å². The fraction of sp³-hybridized carbons (Fsp3) is 0.579. The lowest BCUT2D eigenvalue weighted by molar-refractivity contribution is -0.189. The van der Waals surface area contributed by atoms with Crippen molar-refractivity contribution in [2.45, 2.75) is 44.9 Å². The van der Waals surface area contributed by atoms with E-state index in [2.05, 4.69) is 11.0 Å². The van der Waals surface area contributed by atoms with E-state index in [1.165, 1.54) is 5.56 Å². The highest BCUT2D eigenvalue weighted by Gasteiger charge is 2.44. The zero-order valence-corrected chi connectivity index (χ0v) is 14.5. The Bertz CT molecular complexity index is 627. The normalized spacial score (nSPS) is 24.1. The van der Waals surface area contributed by atoms with Crippen LogP contribution in [-0.2, 0) is 16.1 Å². The smallest absolute Gasteiger partial charge is 0.251 e. The number of nitriles is 1. The molecule has 1 aromatic carbocycles. The quantitative estimate of drug-likeness (QED) is 0.854. The highest BCUT2D eigenvalue weighted by atomic mass is 16.5. The second-order valence-corrected chi connectivity index (χ2v) is 6.88. The van der Waals surface area contributed by atoms with Gasteiger partial charge in [0.1, 0.15) is 6.10 Å². The van der Waals surface area contributed by atoms with Crippen molar-refractivity contribution < 1.29 is 9.53 Å². The van der Waals surface area contributed by atoms with Crippen LogP contribution in [0.3, 0.4) is 0 Å². The minimum Gasteiger partial charge on any atom is -0.360 e. The number of nitrogens with zero attached hydrogens (tertiary/aromatic N) is 3. The molecule has 0 bridgehead atoms. The van der Waals surface area contributed by atoms with Gasteiger partial charge in [0.15, 0.2) is 0 Å². The summed E-state index contributed by atoms with van der Waals surface area (Å²) in [5.41, 5.74) is 1.75. The lowest BCUT2D eigenvalue weighted by Gasteiger charge is -2.49. The summed E-state index contributed by atoms with van der Waals surface area (Å²) >= 11 is 0. The number of benzene rings is 1. The van der Waals surface area contributed by atoms with Gasteiger partial charge in [-0.05, 0) is 44.4 Å². The molecule has 2 aliphatic rings. The fourth-order valence-electron chi connectivity index (χ4n) is 3.75. The molecule has 0 N–H and O–H groups in total. The van der Waals surface area contributed by atoms with E-state index in [1.54, 1.807) is 0 Å². The molecule has 1 spiro atoms. The van der Waals surface area contributed by atoms with Crippen LogP contribution in [0.25, 0.3) is 0 Å². The SMILES string of the molecule is CCN1CC2(CCN(Cc3ccc(C#N)cc3)CC2)OC(C)C1=O. The zero-order chi connectivity index (χ0) is 17.2. The monoisotopic (exact) mass is 327 g/mol. The maximum absolute atomic E-state index is 12.1. The molecule has 5 nitrogen and oxygen atoms in total. The standard InChI is InChI=1S/C19H25N3O2/c1-3-22-14-19(24-15(2)18(22)23)8-10-21(11-9-19)13-17-6-4-16(12-20)5-7-17/h4-7,15H,3,8-11,13-14H2,1-2H3. The number of hydrogen-bond acceptors (Lipinski definition) is 4. The second-order valence-electron chi connectivity index (χ2n) is 6.88. The van der Waals surface area contributed by atoms with Crippen LogP contribution in [0, 0.1) is 11.3 Å². The van der Waals surface area contributed by atoms with Gasteiger partial charge in [-0.25, -0.2) is 0 Å². The Labute approximate surface area is 143 Å². The largest absolute Gasteiger partial charge is 0.360 e. The summed E-state index contributed by atoms with van der Waals surface area (Å²) < 4.78 is 6.13. The highest BCUT2D eigenvalue weighted by molar-refractivity contribution is 5.81. The Morgan fingerprint density at radius 2 is 1.96 bits per heavy atom. The molecule has 2 aliphatic heterocycles. The van der Waals surface area contributed by atoms with Crippen molar-refractivity contribution in [2.24, 2.45) is 0 Å². The van der Waals surface area contributed by atoms with Crippen LogP contribution in [0.1, 0.15) is 37.8 Å². The maximum Gasteiger partial charge on any atom is 0.251 e. The van der Waals surface area contributed by atoms with Crippen LogP contribution in [-0.4, -0.2) is 53.6 Å². The van der Waals surface area contributed by atoms with E-state index in [4.69, 9.17) is 10.00 Å². The summed E-state index contributed by atoms with van der Waals surface area (Å²) in [6, 6.07) is 9.95.